The molecule has 1 saturated heterocycles. The Labute approximate surface area is 212 Å². The van der Waals surface area contributed by atoms with Gasteiger partial charge in [-0.05, 0) is 55.3 Å². The number of amides is 1. The number of sulfonamides is 1. The molecule has 36 heavy (non-hydrogen) atoms. The fourth-order valence-corrected chi connectivity index (χ4v) is 6.82. The molecular weight excluding hydrogens is 505 g/mol. The maximum Gasteiger partial charge on any atom is 0.245 e. The summed E-state index contributed by atoms with van der Waals surface area (Å²) in [5, 5.41) is 0.529. The second-order valence-corrected chi connectivity index (χ2v) is 11.4. The molecule has 0 unspecified atom stereocenters. The smallest absolute Gasteiger partial charge is 0.245 e. The van der Waals surface area contributed by atoms with Crippen molar-refractivity contribution in [1.29, 1.82) is 0 Å². The summed E-state index contributed by atoms with van der Waals surface area (Å²) in [5.41, 5.74) is 0.749. The van der Waals surface area contributed by atoms with Gasteiger partial charge >= 0.3 is 0 Å². The number of hydrogen-bond donors (Lipinski definition) is 0. The minimum absolute atomic E-state index is 0.124. The van der Waals surface area contributed by atoms with Crippen LogP contribution in [0.5, 0.6) is 5.75 Å². The Morgan fingerprint density at radius 2 is 1.97 bits per heavy atom. The highest BCUT2D eigenvalue weighted by Gasteiger charge is 2.36. The zero-order chi connectivity index (χ0) is 25.3. The minimum Gasteiger partial charge on any atom is -0.497 e. The van der Waals surface area contributed by atoms with Crippen LogP contribution in [-0.2, 0) is 21.4 Å². The fourth-order valence-electron chi connectivity index (χ4n) is 4.29. The van der Waals surface area contributed by atoms with Gasteiger partial charge in [0.2, 0.25) is 15.9 Å². The van der Waals surface area contributed by atoms with Crippen molar-refractivity contribution in [2.24, 2.45) is 5.92 Å². The van der Waals surface area contributed by atoms with Gasteiger partial charge in [0.25, 0.3) is 0 Å². The van der Waals surface area contributed by atoms with Crippen molar-refractivity contribution in [3.05, 3.63) is 72.4 Å². The number of anilines is 1. The van der Waals surface area contributed by atoms with Gasteiger partial charge in [0.15, 0.2) is 5.13 Å². The lowest BCUT2D eigenvalue weighted by atomic mass is 9.96. The number of piperidine rings is 1. The zero-order valence-corrected chi connectivity index (χ0v) is 21.1. The van der Waals surface area contributed by atoms with Crippen LogP contribution in [0.2, 0.25) is 0 Å². The fraction of sp³-hybridized carbons (Fsp3) is 0.280. The summed E-state index contributed by atoms with van der Waals surface area (Å²) in [6, 6.07) is 14.4. The van der Waals surface area contributed by atoms with Crippen molar-refractivity contribution < 1.29 is 26.8 Å². The summed E-state index contributed by atoms with van der Waals surface area (Å²) in [6.07, 6.45) is 2.19. The summed E-state index contributed by atoms with van der Waals surface area (Å²) in [6.45, 7) is 0.452. The van der Waals surface area contributed by atoms with Crippen LogP contribution in [0.3, 0.4) is 0 Å². The molecule has 1 amide bonds. The normalized spacial score (nSPS) is 15.3. The molecule has 5 rings (SSSR count). The third-order valence-corrected chi connectivity index (χ3v) is 9.21. The topological polar surface area (TPSA) is 92.9 Å². The Morgan fingerprint density at radius 1 is 1.19 bits per heavy atom. The third kappa shape index (κ3) is 4.73. The molecule has 8 nitrogen and oxygen atoms in total. The monoisotopic (exact) mass is 529 g/mol. The molecule has 0 N–H and O–H groups in total. The molecule has 0 radical (unpaired) electrons. The molecule has 2 aromatic carbocycles. The summed E-state index contributed by atoms with van der Waals surface area (Å²) in [4.78, 5) is 19.6. The maximum absolute atomic E-state index is 14.2. The number of thiazole rings is 1. The summed E-state index contributed by atoms with van der Waals surface area (Å²) >= 11 is 1.38. The number of halogens is 1. The number of benzene rings is 2. The molecule has 11 heteroatoms. The van der Waals surface area contributed by atoms with Crippen LogP contribution in [0.25, 0.3) is 10.2 Å². The molecule has 1 aliphatic rings. The van der Waals surface area contributed by atoms with Crippen LogP contribution >= 0.6 is 11.3 Å². The van der Waals surface area contributed by atoms with Crippen LogP contribution < -0.4 is 9.64 Å². The number of ether oxygens (including phenoxy) is 1. The quantitative estimate of drug-likeness (QED) is 0.345. The van der Waals surface area contributed by atoms with Crippen LogP contribution in [0.15, 0.2) is 70.2 Å². The van der Waals surface area contributed by atoms with Crippen LogP contribution in [0.1, 0.15) is 18.6 Å². The second kappa shape index (κ2) is 10.00. The highest BCUT2D eigenvalue weighted by molar-refractivity contribution is 7.89. The van der Waals surface area contributed by atoms with Crippen molar-refractivity contribution in [2.45, 2.75) is 24.3 Å². The van der Waals surface area contributed by atoms with E-state index in [1.807, 2.05) is 18.2 Å². The number of nitrogens with zero attached hydrogens (tertiary/aromatic N) is 3. The molecule has 0 atom stereocenters. The lowest BCUT2D eigenvalue weighted by molar-refractivity contribution is -0.123. The van der Waals surface area contributed by atoms with Gasteiger partial charge in [-0.2, -0.15) is 4.31 Å². The molecule has 1 fully saturated rings. The molecule has 2 aromatic heterocycles. The maximum atomic E-state index is 14.2. The molecule has 4 aromatic rings. The van der Waals surface area contributed by atoms with Crippen molar-refractivity contribution >= 4 is 42.6 Å². The van der Waals surface area contributed by atoms with Crippen molar-refractivity contribution in [2.75, 3.05) is 25.1 Å². The number of furan rings is 1. The van der Waals surface area contributed by atoms with Crippen molar-refractivity contribution in [3.8, 4) is 5.75 Å². The van der Waals surface area contributed by atoms with Gasteiger partial charge in [0, 0.05) is 19.0 Å². The Bertz CT molecular complexity index is 1480. The lowest BCUT2D eigenvalue weighted by Gasteiger charge is -2.32. The van der Waals surface area contributed by atoms with E-state index in [1.165, 1.54) is 33.8 Å². The Morgan fingerprint density at radius 3 is 2.67 bits per heavy atom. The predicted molar refractivity (Wildman–Crippen MR) is 134 cm³/mol. The number of rotatable bonds is 7. The van der Waals surface area contributed by atoms with E-state index in [9.17, 15) is 17.6 Å². The van der Waals surface area contributed by atoms with Gasteiger partial charge in [-0.15, -0.1) is 0 Å². The van der Waals surface area contributed by atoms with Gasteiger partial charge < -0.3 is 9.15 Å². The molecule has 188 valence electrons. The highest BCUT2D eigenvalue weighted by atomic mass is 32.2. The van der Waals surface area contributed by atoms with Crippen LogP contribution in [0, 0.1) is 11.7 Å². The first-order valence-electron chi connectivity index (χ1n) is 11.4. The molecule has 0 spiro atoms. The molecular formula is C25H24FN3O5S2. The molecule has 0 saturated carbocycles. The molecule has 0 aliphatic carbocycles. The van der Waals surface area contributed by atoms with Crippen molar-refractivity contribution in [3.63, 3.8) is 0 Å². The van der Waals surface area contributed by atoms with E-state index in [4.69, 9.17) is 9.15 Å². The van der Waals surface area contributed by atoms with E-state index in [1.54, 1.807) is 30.4 Å². The van der Waals surface area contributed by atoms with Gasteiger partial charge in [-0.1, -0.05) is 23.5 Å². The first-order valence-corrected chi connectivity index (χ1v) is 13.7. The van der Waals surface area contributed by atoms with Gasteiger partial charge in [-0.25, -0.2) is 17.8 Å². The van der Waals surface area contributed by atoms with Crippen LogP contribution in [0.4, 0.5) is 9.52 Å². The Balaban J connectivity index is 1.37. The van der Waals surface area contributed by atoms with Crippen molar-refractivity contribution in [1.82, 2.24) is 9.29 Å². The van der Waals surface area contributed by atoms with E-state index >= 15 is 0 Å². The van der Waals surface area contributed by atoms with Gasteiger partial charge in [-0.3, -0.25) is 9.69 Å². The number of carbonyl (C=O) groups excluding carboxylic acids is 1. The largest absolute Gasteiger partial charge is 0.497 e. The average molecular weight is 530 g/mol. The molecule has 3 heterocycles. The van der Waals surface area contributed by atoms with Crippen LogP contribution in [-0.4, -0.2) is 43.8 Å². The summed E-state index contributed by atoms with van der Waals surface area (Å²) < 4.78 is 53.0. The minimum atomic E-state index is -3.98. The average Bonchev–Trinajstić information content (AvgIpc) is 3.56. The number of fused-ring (bicyclic) bond motifs is 1. The van der Waals surface area contributed by atoms with Gasteiger partial charge in [0.05, 0.1) is 30.1 Å². The predicted octanol–water partition coefficient (Wildman–Crippen LogP) is 4.67. The highest BCUT2D eigenvalue weighted by Crippen LogP contribution is 2.34. The second-order valence-electron chi connectivity index (χ2n) is 8.44. The first kappa shape index (κ1) is 24.4. The zero-order valence-electron chi connectivity index (χ0n) is 19.5. The molecule has 1 aliphatic heterocycles. The van der Waals surface area contributed by atoms with E-state index in [-0.39, 0.29) is 30.4 Å². The van der Waals surface area contributed by atoms with Gasteiger partial charge in [0.1, 0.15) is 22.2 Å². The standard InChI is InChI=1S/C25H24FN3O5S2/c1-33-18-8-9-21-22(15-18)35-25(27-21)29(16-19-5-4-14-34-19)24(30)17-10-12-28(13-11-17)36(31,32)23-7-3-2-6-20(23)26/h2-9,14-15,17H,10-13,16H2,1H3. The third-order valence-electron chi connectivity index (χ3n) is 6.23. The lowest BCUT2D eigenvalue weighted by Crippen LogP contribution is -2.44. The first-order chi connectivity index (χ1) is 17.4. The number of hydrogen-bond acceptors (Lipinski definition) is 7. The Kier molecular flexibility index (Phi) is 6.78. The summed E-state index contributed by atoms with van der Waals surface area (Å²) in [7, 11) is -2.39. The van der Waals surface area contributed by atoms with E-state index in [2.05, 4.69) is 4.98 Å². The summed E-state index contributed by atoms with van der Waals surface area (Å²) in [5.74, 6) is -0.0356. The molecule has 0 bridgehead atoms. The van der Waals surface area contributed by atoms with E-state index in [0.29, 0.717) is 29.5 Å². The van der Waals surface area contributed by atoms with E-state index in [0.717, 1.165) is 16.3 Å². The SMILES string of the molecule is COc1ccc2nc(N(Cc3ccco3)C(=O)C3CCN(S(=O)(=O)c4ccccc4F)CC3)sc2c1. The van der Waals surface area contributed by atoms with E-state index < -0.39 is 21.8 Å². The number of carbonyl (C=O) groups is 1. The number of aromatic nitrogens is 1. The Hall–Kier alpha value is -3.28. The number of methoxy groups -OCH3 is 1.